The van der Waals surface area contributed by atoms with Gasteiger partial charge in [0.15, 0.2) is 0 Å². The smallest absolute Gasteiger partial charge is 0.109 e. The first-order chi connectivity index (χ1) is 26.0. The molecule has 0 aromatic heterocycles. The van der Waals surface area contributed by atoms with Gasteiger partial charge in [-0.2, -0.15) is 6.08 Å². The van der Waals surface area contributed by atoms with Crippen LogP contribution in [-0.4, -0.2) is 3.21 Å². The zero-order valence-corrected chi connectivity index (χ0v) is 36.4. The Balaban J connectivity index is 0.000000221. The number of allylic oxidation sites excluding steroid dienone is 4. The normalized spacial score (nSPS) is 12.7. The van der Waals surface area contributed by atoms with Crippen LogP contribution in [0, 0.1) is 12.1 Å². The maximum Gasteiger partial charge on any atom is -0.109 e. The maximum atomic E-state index is 3.88. The van der Waals surface area contributed by atoms with Gasteiger partial charge in [0.1, 0.15) is 0 Å². The monoisotopic (exact) mass is 786 g/mol. The summed E-state index contributed by atoms with van der Waals surface area (Å²) in [5.41, 5.74) is 15.0. The number of benzene rings is 5. The molecule has 0 nitrogen and oxygen atoms in total. The molecule has 2 aliphatic rings. The minimum Gasteiger partial charge on any atom is -0.273 e. The molecule has 0 atom stereocenters. The van der Waals surface area contributed by atoms with E-state index >= 15 is 0 Å². The van der Waals surface area contributed by atoms with Crippen LogP contribution in [0.2, 0.25) is 0 Å². The van der Waals surface area contributed by atoms with Gasteiger partial charge in [0.25, 0.3) is 0 Å². The fourth-order valence-electron chi connectivity index (χ4n) is 7.31. The average Bonchev–Trinajstić information content (AvgIpc) is 3.88. The number of hydrogen-bond acceptors (Lipinski definition) is 0. The van der Waals surface area contributed by atoms with E-state index < -0.39 is 0 Å². The zero-order chi connectivity index (χ0) is 38.6. The van der Waals surface area contributed by atoms with Crippen LogP contribution in [-0.2, 0) is 41.5 Å². The molecule has 0 aliphatic heterocycles. The molecule has 2 aliphatic carbocycles. The molecule has 0 N–H and O–H groups in total. The first kappa shape index (κ1) is 41.5. The van der Waals surface area contributed by atoms with Gasteiger partial charge in [-0.15, -0.1) is 35.2 Å². The van der Waals surface area contributed by atoms with Crippen molar-refractivity contribution in [3.8, 4) is 33.4 Å². The van der Waals surface area contributed by atoms with Crippen molar-refractivity contribution in [1.82, 2.24) is 0 Å². The van der Waals surface area contributed by atoms with Crippen LogP contribution in [0.4, 0.5) is 0 Å². The molecule has 5 aromatic carbocycles. The summed E-state index contributed by atoms with van der Waals surface area (Å²) in [6, 6.07) is 43.7. The predicted octanol–water partition coefficient (Wildman–Crippen LogP) is 14.8. The summed E-state index contributed by atoms with van der Waals surface area (Å²) in [7, 11) is 0. The van der Waals surface area contributed by atoms with Gasteiger partial charge in [-0.1, -0.05) is 131 Å². The summed E-state index contributed by atoms with van der Waals surface area (Å²) in [5.74, 6) is 0. The third-order valence-corrected chi connectivity index (χ3v) is 11.6. The van der Waals surface area contributed by atoms with E-state index in [4.69, 9.17) is 0 Å². The van der Waals surface area contributed by atoms with Crippen molar-refractivity contribution in [2.45, 2.75) is 117 Å². The van der Waals surface area contributed by atoms with E-state index in [2.05, 4.69) is 176 Å². The van der Waals surface area contributed by atoms with Crippen molar-refractivity contribution in [1.29, 1.82) is 0 Å². The van der Waals surface area contributed by atoms with Crippen molar-refractivity contribution >= 4 is 3.21 Å². The van der Waals surface area contributed by atoms with Crippen LogP contribution in [0.3, 0.4) is 0 Å². The van der Waals surface area contributed by atoms with Crippen LogP contribution in [0.25, 0.3) is 33.4 Å². The van der Waals surface area contributed by atoms with Gasteiger partial charge in [0.2, 0.25) is 0 Å². The Bertz CT molecular complexity index is 1880. The van der Waals surface area contributed by atoms with E-state index in [0.717, 1.165) is 12.8 Å². The summed E-state index contributed by atoms with van der Waals surface area (Å²) >= 11 is 1.58. The number of hydrogen-bond donors (Lipinski definition) is 0. The van der Waals surface area contributed by atoms with E-state index in [9.17, 15) is 0 Å². The number of unbranched alkanes of at least 4 members (excludes halogenated alkanes) is 5. The molecule has 0 unspecified atom stereocenters. The van der Waals surface area contributed by atoms with Crippen molar-refractivity contribution in [2.24, 2.45) is 0 Å². The Morgan fingerprint density at radius 1 is 0.630 bits per heavy atom. The average molecular weight is 788 g/mol. The van der Waals surface area contributed by atoms with E-state index in [1.54, 1.807) is 27.4 Å². The predicted molar refractivity (Wildman–Crippen MR) is 232 cm³/mol. The van der Waals surface area contributed by atoms with Gasteiger partial charge >= 0.3 is 115 Å². The molecule has 0 fully saturated rings. The molecule has 7 rings (SSSR count). The molecule has 0 amide bonds. The molecule has 0 saturated carbocycles. The van der Waals surface area contributed by atoms with Gasteiger partial charge in [0.05, 0.1) is 0 Å². The Kier molecular flexibility index (Phi) is 15.2. The summed E-state index contributed by atoms with van der Waals surface area (Å²) in [4.78, 5) is 0. The van der Waals surface area contributed by atoms with Crippen molar-refractivity contribution < 1.29 is 24.2 Å². The quantitative estimate of drug-likeness (QED) is 0.0958. The summed E-state index contributed by atoms with van der Waals surface area (Å²) in [6.45, 7) is 16.2. The molecule has 0 radical (unpaired) electrons. The molecular formula is C53H60Zr. The third-order valence-electron chi connectivity index (χ3n) is 10.3. The fraction of sp³-hybridized carbons (Fsp3) is 0.340. The Labute approximate surface area is 343 Å². The van der Waals surface area contributed by atoms with Crippen molar-refractivity contribution in [3.63, 3.8) is 0 Å². The topological polar surface area (TPSA) is 0 Å². The third kappa shape index (κ3) is 11.4. The minimum absolute atomic E-state index is 0.0380. The Morgan fingerprint density at radius 3 is 1.76 bits per heavy atom. The Hall–Kier alpha value is -3.67. The maximum absolute atomic E-state index is 3.88. The van der Waals surface area contributed by atoms with E-state index in [0.29, 0.717) is 0 Å². The van der Waals surface area contributed by atoms with Crippen molar-refractivity contribution in [2.75, 3.05) is 0 Å². The Morgan fingerprint density at radius 2 is 1.20 bits per heavy atom. The molecule has 276 valence electrons. The van der Waals surface area contributed by atoms with Gasteiger partial charge in [-0.05, 0) is 39.5 Å². The van der Waals surface area contributed by atoms with Crippen LogP contribution in [0.5, 0.6) is 0 Å². The molecule has 0 saturated heterocycles. The molecule has 0 heterocycles. The standard InChI is InChI=1S/C33H33.C15H22.C5H5.Zr/c1-32(2,3)30-20-26-24(18-28(30)22-13-9-7-10-14-22)17-25-19-29(23-15-11-8-12-16-23)31(21-27(25)26)33(4,5)6;1-2-3-4-5-6-7-9-12-15-13-10-8-11-14-15;1-2-4-5-3-1;/h7-16,18,20-21H,17H2,1-6H3;8,10-11,13-14H,2-7,9H2,1H3;1-3H,4H2;/q-1;;-1;+2. The van der Waals surface area contributed by atoms with Gasteiger partial charge in [-0.3, -0.25) is 6.08 Å². The summed E-state index contributed by atoms with van der Waals surface area (Å²) < 4.78 is 1.63. The number of fused-ring (bicyclic) bond motifs is 3. The molecule has 0 bridgehead atoms. The second-order valence-electron chi connectivity index (χ2n) is 16.8. The fourth-order valence-corrected chi connectivity index (χ4v) is 8.15. The minimum atomic E-state index is 0.0380. The molecule has 1 heteroatoms. The van der Waals surface area contributed by atoms with Crippen LogP contribution < -0.4 is 0 Å². The van der Waals surface area contributed by atoms with Gasteiger partial charge in [-0.25, -0.2) is 12.2 Å². The van der Waals surface area contributed by atoms with Crippen LogP contribution in [0.15, 0.2) is 127 Å². The second-order valence-corrected chi connectivity index (χ2v) is 18.3. The van der Waals surface area contributed by atoms with Gasteiger partial charge < -0.3 is 0 Å². The molecule has 54 heavy (non-hydrogen) atoms. The van der Waals surface area contributed by atoms with Gasteiger partial charge in [0, 0.05) is 0 Å². The molecular weight excluding hydrogens is 728 g/mol. The summed E-state index contributed by atoms with van der Waals surface area (Å²) in [5, 5.41) is 0. The first-order valence-electron chi connectivity index (χ1n) is 20.2. The number of rotatable bonds is 10. The summed E-state index contributed by atoms with van der Waals surface area (Å²) in [6.07, 6.45) is 20.6. The van der Waals surface area contributed by atoms with Crippen LogP contribution >= 0.6 is 0 Å². The van der Waals surface area contributed by atoms with E-state index in [1.165, 1.54) is 106 Å². The van der Waals surface area contributed by atoms with Crippen molar-refractivity contribution in [3.05, 3.63) is 167 Å². The SMILES string of the molecule is CC(C)(C)c1cc2c([c-]c1-c1ccccc1)Cc1cc(-c3ccccc3)c(C(C)(C)C)cc1-2.CCCCCCCC[C](=[Zr+2])c1ccccc1.[C-]1=CC=CC1. The molecule has 5 aromatic rings. The van der Waals surface area contributed by atoms with E-state index in [-0.39, 0.29) is 10.8 Å². The van der Waals surface area contributed by atoms with Crippen LogP contribution in [0.1, 0.15) is 128 Å². The second kappa shape index (κ2) is 19.8. The zero-order valence-electron chi connectivity index (χ0n) is 34.0. The largest absolute Gasteiger partial charge is 0.273 e. The molecule has 0 spiro atoms. The van der Waals surface area contributed by atoms with E-state index in [1.807, 2.05) is 12.2 Å². The first-order valence-corrected chi connectivity index (χ1v) is 21.4.